The van der Waals surface area contributed by atoms with Crippen molar-refractivity contribution >= 4 is 29.1 Å². The zero-order chi connectivity index (χ0) is 19.3. The number of thiazole rings is 1. The van der Waals surface area contributed by atoms with Gasteiger partial charge >= 0.3 is 5.97 Å². The van der Waals surface area contributed by atoms with Crippen LogP contribution in [0.2, 0.25) is 0 Å². The van der Waals surface area contributed by atoms with Crippen LogP contribution in [-0.4, -0.2) is 39.8 Å². The van der Waals surface area contributed by atoms with Crippen molar-refractivity contribution < 1.29 is 19.5 Å². The Balaban J connectivity index is 1.91. The van der Waals surface area contributed by atoms with Gasteiger partial charge in [0, 0.05) is 30.5 Å². The number of nitrogens with one attached hydrogen (secondary N) is 1. The van der Waals surface area contributed by atoms with Crippen LogP contribution in [-0.2, 0) is 17.9 Å². The van der Waals surface area contributed by atoms with Crippen molar-refractivity contribution in [3.8, 4) is 0 Å². The molecule has 0 unspecified atom stereocenters. The first-order valence-electron chi connectivity index (χ1n) is 8.07. The number of aromatic nitrogens is 1. The Labute approximate surface area is 155 Å². The Morgan fingerprint density at radius 3 is 2.42 bits per heavy atom. The number of hydrogen-bond acceptors (Lipinski definition) is 5. The van der Waals surface area contributed by atoms with Crippen molar-refractivity contribution in [3.05, 3.63) is 51.5 Å². The van der Waals surface area contributed by atoms with Crippen LogP contribution in [0.15, 0.2) is 29.6 Å². The predicted molar refractivity (Wildman–Crippen MR) is 98.0 cm³/mol. The van der Waals surface area contributed by atoms with Gasteiger partial charge in [-0.25, -0.2) is 9.78 Å². The zero-order valence-corrected chi connectivity index (χ0v) is 15.7. The summed E-state index contributed by atoms with van der Waals surface area (Å²) in [5.74, 6) is -1.35. The van der Waals surface area contributed by atoms with Crippen LogP contribution in [0.3, 0.4) is 0 Å². The average Bonchev–Trinajstić information content (AvgIpc) is 3.08. The van der Waals surface area contributed by atoms with Gasteiger partial charge in [-0.2, -0.15) is 0 Å². The van der Waals surface area contributed by atoms with E-state index in [4.69, 9.17) is 5.11 Å². The molecule has 0 saturated carbocycles. The van der Waals surface area contributed by atoms with Crippen molar-refractivity contribution in [1.82, 2.24) is 15.2 Å². The molecule has 1 aromatic heterocycles. The zero-order valence-electron chi connectivity index (χ0n) is 14.9. The lowest BCUT2D eigenvalue weighted by Crippen LogP contribution is -2.30. The topological polar surface area (TPSA) is 99.6 Å². The fourth-order valence-electron chi connectivity index (χ4n) is 2.30. The minimum atomic E-state index is -1.09. The molecule has 0 aliphatic carbocycles. The smallest absolute Gasteiger partial charge is 0.355 e. The van der Waals surface area contributed by atoms with Gasteiger partial charge in [0.25, 0.3) is 5.91 Å². The van der Waals surface area contributed by atoms with E-state index in [-0.39, 0.29) is 30.0 Å². The number of nitrogens with zero attached hydrogens (tertiary/aromatic N) is 2. The number of aromatic carboxylic acids is 1. The van der Waals surface area contributed by atoms with Crippen LogP contribution in [0, 0.1) is 5.92 Å². The first kappa shape index (κ1) is 19.6. The summed E-state index contributed by atoms with van der Waals surface area (Å²) in [5, 5.41) is 13.5. The summed E-state index contributed by atoms with van der Waals surface area (Å²) in [6.07, 6.45) is 0. The number of rotatable bonds is 7. The molecular formula is C18H21N3O4S. The van der Waals surface area contributed by atoms with Gasteiger partial charge in [0.1, 0.15) is 5.01 Å². The van der Waals surface area contributed by atoms with Gasteiger partial charge in [0.15, 0.2) is 5.69 Å². The summed E-state index contributed by atoms with van der Waals surface area (Å²) in [5.41, 5.74) is 1.40. The van der Waals surface area contributed by atoms with E-state index in [0.717, 1.165) is 5.56 Å². The molecule has 0 radical (unpaired) electrons. The van der Waals surface area contributed by atoms with Crippen LogP contribution in [0.4, 0.5) is 0 Å². The molecule has 0 aliphatic rings. The number of hydrogen-bond donors (Lipinski definition) is 2. The molecule has 2 rings (SSSR count). The van der Waals surface area contributed by atoms with Gasteiger partial charge in [0.2, 0.25) is 5.91 Å². The second-order valence-corrected chi connectivity index (χ2v) is 7.10. The number of amides is 2. The summed E-state index contributed by atoms with van der Waals surface area (Å²) < 4.78 is 0. The van der Waals surface area contributed by atoms with Gasteiger partial charge in [-0.05, 0) is 17.7 Å². The third-order valence-corrected chi connectivity index (χ3v) is 4.53. The molecule has 2 N–H and O–H groups in total. The fraction of sp³-hybridized carbons (Fsp3) is 0.333. The number of carboxylic acids is 1. The second-order valence-electron chi connectivity index (χ2n) is 6.16. The average molecular weight is 375 g/mol. The summed E-state index contributed by atoms with van der Waals surface area (Å²) in [4.78, 5) is 40.4. The summed E-state index contributed by atoms with van der Waals surface area (Å²) in [6, 6.07) is 7.02. The molecule has 2 aromatic rings. The maximum absolute atomic E-state index is 12.2. The van der Waals surface area contributed by atoms with E-state index in [1.165, 1.54) is 16.7 Å². The molecule has 26 heavy (non-hydrogen) atoms. The van der Waals surface area contributed by atoms with Crippen molar-refractivity contribution in [1.29, 1.82) is 0 Å². The number of carbonyl (C=O) groups is 3. The number of benzene rings is 1. The lowest BCUT2D eigenvalue weighted by atomic mass is 10.1. The Kier molecular flexibility index (Phi) is 6.46. The Bertz CT molecular complexity index is 799. The van der Waals surface area contributed by atoms with E-state index >= 15 is 0 Å². The molecule has 0 atom stereocenters. The Hall–Kier alpha value is -2.74. The maximum Gasteiger partial charge on any atom is 0.355 e. The number of carboxylic acid groups (broad SMARTS) is 1. The molecule has 0 fully saturated rings. The van der Waals surface area contributed by atoms with E-state index in [1.54, 1.807) is 24.1 Å². The highest BCUT2D eigenvalue weighted by atomic mass is 32.1. The second kappa shape index (κ2) is 8.57. The highest BCUT2D eigenvalue weighted by molar-refractivity contribution is 7.09. The molecule has 138 valence electrons. The van der Waals surface area contributed by atoms with Gasteiger partial charge < -0.3 is 15.3 Å². The highest BCUT2D eigenvalue weighted by Crippen LogP contribution is 2.11. The van der Waals surface area contributed by atoms with Gasteiger partial charge in [0.05, 0.1) is 6.54 Å². The van der Waals surface area contributed by atoms with E-state index in [2.05, 4.69) is 10.3 Å². The quantitative estimate of drug-likeness (QED) is 0.774. The third-order valence-electron chi connectivity index (χ3n) is 3.68. The minimum absolute atomic E-state index is 0.0244. The lowest BCUT2D eigenvalue weighted by Gasteiger charge is -2.19. The standard InChI is InChI=1S/C18H21N3O4S/c1-11(2)17(23)21(3)9-12-4-6-13(7-5-12)16(22)19-8-15-20-14(10-26-15)18(24)25/h4-7,10-11H,8-9H2,1-3H3,(H,19,22)(H,24,25). The molecular weight excluding hydrogens is 354 g/mol. The third kappa shape index (κ3) is 5.13. The van der Waals surface area contributed by atoms with Crippen molar-refractivity contribution in [2.45, 2.75) is 26.9 Å². The molecule has 8 heteroatoms. The maximum atomic E-state index is 12.2. The molecule has 2 amide bonds. The normalized spacial score (nSPS) is 10.6. The van der Waals surface area contributed by atoms with Crippen molar-refractivity contribution in [3.63, 3.8) is 0 Å². The first-order chi connectivity index (χ1) is 12.3. The van der Waals surface area contributed by atoms with Crippen LogP contribution in [0.1, 0.15) is 45.3 Å². The van der Waals surface area contributed by atoms with Crippen LogP contribution in [0.5, 0.6) is 0 Å². The monoisotopic (exact) mass is 375 g/mol. The molecule has 1 heterocycles. The summed E-state index contributed by atoms with van der Waals surface area (Å²) >= 11 is 1.19. The van der Waals surface area contributed by atoms with E-state index in [9.17, 15) is 14.4 Å². The van der Waals surface area contributed by atoms with Crippen LogP contribution < -0.4 is 5.32 Å². The SMILES string of the molecule is CC(C)C(=O)N(C)Cc1ccc(C(=O)NCc2nc(C(=O)O)cs2)cc1. The fourth-order valence-corrected chi connectivity index (χ4v) is 3.01. The summed E-state index contributed by atoms with van der Waals surface area (Å²) in [7, 11) is 1.75. The van der Waals surface area contributed by atoms with Crippen LogP contribution in [0.25, 0.3) is 0 Å². The number of carbonyl (C=O) groups excluding carboxylic acids is 2. The van der Waals surface area contributed by atoms with Crippen molar-refractivity contribution in [2.75, 3.05) is 7.05 Å². The Morgan fingerprint density at radius 1 is 1.23 bits per heavy atom. The van der Waals surface area contributed by atoms with Gasteiger partial charge in [-0.1, -0.05) is 26.0 Å². The molecule has 0 spiro atoms. The largest absolute Gasteiger partial charge is 0.476 e. The molecule has 7 nitrogen and oxygen atoms in total. The highest BCUT2D eigenvalue weighted by Gasteiger charge is 2.14. The molecule has 1 aromatic carbocycles. The van der Waals surface area contributed by atoms with Gasteiger partial charge in [-0.15, -0.1) is 11.3 Å². The predicted octanol–water partition coefficient (Wildman–Crippen LogP) is 2.39. The van der Waals surface area contributed by atoms with Crippen LogP contribution >= 0.6 is 11.3 Å². The summed E-state index contributed by atoms with van der Waals surface area (Å²) in [6.45, 7) is 4.36. The van der Waals surface area contributed by atoms with Crippen molar-refractivity contribution in [2.24, 2.45) is 5.92 Å². The molecule has 0 aliphatic heterocycles. The molecule has 0 saturated heterocycles. The van der Waals surface area contributed by atoms with E-state index in [0.29, 0.717) is 17.1 Å². The lowest BCUT2D eigenvalue weighted by molar-refractivity contribution is -0.133. The van der Waals surface area contributed by atoms with E-state index in [1.807, 2.05) is 26.0 Å². The minimum Gasteiger partial charge on any atom is -0.476 e. The van der Waals surface area contributed by atoms with E-state index < -0.39 is 5.97 Å². The Morgan fingerprint density at radius 2 is 1.88 bits per heavy atom. The first-order valence-corrected chi connectivity index (χ1v) is 8.95. The molecule has 0 bridgehead atoms. The van der Waals surface area contributed by atoms with Gasteiger partial charge in [-0.3, -0.25) is 9.59 Å².